The smallest absolute Gasteiger partial charge is 0.343 e. The topological polar surface area (TPSA) is 101 Å². The van der Waals surface area contributed by atoms with Crippen molar-refractivity contribution in [3.8, 4) is 17.2 Å². The highest BCUT2D eigenvalue weighted by Gasteiger charge is 2.33. The van der Waals surface area contributed by atoms with Crippen LogP contribution in [0.5, 0.6) is 17.2 Å². The number of benzene rings is 3. The van der Waals surface area contributed by atoms with E-state index in [0.29, 0.717) is 48.0 Å². The second-order valence-corrected chi connectivity index (χ2v) is 10.6. The Kier molecular flexibility index (Phi) is 10.9. The molecule has 1 saturated heterocycles. The lowest BCUT2D eigenvalue weighted by molar-refractivity contribution is -0.138. The van der Waals surface area contributed by atoms with Crippen LogP contribution in [0.4, 0.5) is 0 Å². The van der Waals surface area contributed by atoms with E-state index in [2.05, 4.69) is 6.92 Å². The average molecular weight is 563 g/mol. The highest BCUT2D eigenvalue weighted by Crippen LogP contribution is 2.26. The molecule has 218 valence electrons. The molecule has 1 N–H and O–H groups in total. The zero-order chi connectivity index (χ0) is 29.1. The Balaban J connectivity index is 1.16. The SMILES string of the molecule is CCCC(O)c1ccc(C(=O)Oc2ccc(OC(=O)c3ccc(OCCCCOCC4(C)COC4)cc3)cc2)cc1. The van der Waals surface area contributed by atoms with Crippen LogP contribution in [0.15, 0.2) is 72.8 Å². The molecule has 1 unspecified atom stereocenters. The predicted molar refractivity (Wildman–Crippen MR) is 154 cm³/mol. The molecular formula is C33H38O8. The van der Waals surface area contributed by atoms with E-state index in [9.17, 15) is 14.7 Å². The first-order valence-electron chi connectivity index (χ1n) is 14.1. The zero-order valence-electron chi connectivity index (χ0n) is 23.7. The third-order valence-corrected chi connectivity index (χ3v) is 6.73. The van der Waals surface area contributed by atoms with Gasteiger partial charge in [-0.05, 0) is 85.5 Å². The standard InChI is InChI=1S/C33H38O8/c1-3-6-30(34)24-7-9-25(10-8-24)31(35)40-28-15-17-29(18-16-28)41-32(36)26-11-13-27(14-12-26)39-20-5-4-19-37-21-33(2)22-38-23-33/h7-18,30,34H,3-6,19-23H2,1-2H3. The van der Waals surface area contributed by atoms with Gasteiger partial charge >= 0.3 is 11.9 Å². The second kappa shape index (κ2) is 14.8. The summed E-state index contributed by atoms with van der Waals surface area (Å²) in [5.41, 5.74) is 1.70. The van der Waals surface area contributed by atoms with Gasteiger partial charge < -0.3 is 28.8 Å². The minimum absolute atomic E-state index is 0.173. The van der Waals surface area contributed by atoms with Crippen LogP contribution in [-0.2, 0) is 9.47 Å². The number of unbranched alkanes of at least 4 members (excludes halogenated alkanes) is 1. The molecule has 1 fully saturated rings. The lowest BCUT2D eigenvalue weighted by Gasteiger charge is -2.37. The van der Waals surface area contributed by atoms with Gasteiger partial charge in [0.25, 0.3) is 0 Å². The van der Waals surface area contributed by atoms with E-state index < -0.39 is 18.0 Å². The molecule has 41 heavy (non-hydrogen) atoms. The molecule has 0 aliphatic carbocycles. The highest BCUT2D eigenvalue weighted by molar-refractivity contribution is 5.92. The first kappa shape index (κ1) is 30.2. The molecule has 8 nitrogen and oxygen atoms in total. The predicted octanol–water partition coefficient (Wildman–Crippen LogP) is 6.17. The van der Waals surface area contributed by atoms with Crippen LogP contribution in [0.2, 0.25) is 0 Å². The largest absolute Gasteiger partial charge is 0.494 e. The van der Waals surface area contributed by atoms with Gasteiger partial charge in [-0.25, -0.2) is 9.59 Å². The molecule has 4 rings (SSSR count). The Hall–Kier alpha value is -3.72. The summed E-state index contributed by atoms with van der Waals surface area (Å²) in [5.74, 6) is 0.301. The van der Waals surface area contributed by atoms with Gasteiger partial charge in [-0.3, -0.25) is 0 Å². The summed E-state index contributed by atoms with van der Waals surface area (Å²) < 4.78 is 27.6. The number of esters is 2. The van der Waals surface area contributed by atoms with Crippen LogP contribution in [0.25, 0.3) is 0 Å². The Bertz CT molecular complexity index is 1250. The monoisotopic (exact) mass is 562 g/mol. The molecule has 0 saturated carbocycles. The van der Waals surface area contributed by atoms with Crippen LogP contribution in [0.3, 0.4) is 0 Å². The fourth-order valence-electron chi connectivity index (χ4n) is 4.22. The molecule has 1 aliphatic rings. The minimum atomic E-state index is -0.547. The van der Waals surface area contributed by atoms with Crippen molar-refractivity contribution < 1.29 is 38.4 Å². The lowest BCUT2D eigenvalue weighted by atomic mass is 9.90. The van der Waals surface area contributed by atoms with Gasteiger partial charge in [0.1, 0.15) is 17.2 Å². The molecule has 1 atom stereocenters. The summed E-state index contributed by atoms with van der Waals surface area (Å²) in [4.78, 5) is 25.0. The molecular weight excluding hydrogens is 524 g/mol. The maximum atomic E-state index is 12.6. The third-order valence-electron chi connectivity index (χ3n) is 6.73. The summed E-state index contributed by atoms with van der Waals surface area (Å²) >= 11 is 0. The number of aliphatic hydroxyl groups is 1. The molecule has 0 spiro atoms. The number of aliphatic hydroxyl groups excluding tert-OH is 1. The highest BCUT2D eigenvalue weighted by atomic mass is 16.5. The lowest BCUT2D eigenvalue weighted by Crippen LogP contribution is -2.43. The molecule has 1 aliphatic heterocycles. The van der Waals surface area contributed by atoms with E-state index >= 15 is 0 Å². The van der Waals surface area contributed by atoms with Crippen molar-refractivity contribution in [2.24, 2.45) is 5.41 Å². The molecule has 3 aromatic carbocycles. The second-order valence-electron chi connectivity index (χ2n) is 10.6. The average Bonchev–Trinajstić information content (AvgIpc) is 2.97. The third kappa shape index (κ3) is 9.14. The van der Waals surface area contributed by atoms with Crippen molar-refractivity contribution in [3.05, 3.63) is 89.5 Å². The van der Waals surface area contributed by atoms with Gasteiger partial charge in [-0.1, -0.05) is 32.4 Å². The number of ether oxygens (including phenoxy) is 5. The van der Waals surface area contributed by atoms with E-state index in [1.807, 2.05) is 6.92 Å². The van der Waals surface area contributed by atoms with Crippen LogP contribution >= 0.6 is 0 Å². The molecule has 8 heteroatoms. The van der Waals surface area contributed by atoms with Crippen LogP contribution in [0.1, 0.15) is 71.9 Å². The maximum absolute atomic E-state index is 12.6. The number of hydrogen-bond donors (Lipinski definition) is 1. The fourth-order valence-corrected chi connectivity index (χ4v) is 4.22. The van der Waals surface area contributed by atoms with E-state index in [1.165, 1.54) is 0 Å². The van der Waals surface area contributed by atoms with Gasteiger partial charge in [0.15, 0.2) is 0 Å². The van der Waals surface area contributed by atoms with Crippen molar-refractivity contribution in [1.29, 1.82) is 0 Å². The quantitative estimate of drug-likeness (QED) is 0.133. The summed E-state index contributed by atoms with van der Waals surface area (Å²) in [7, 11) is 0. The normalized spacial score (nSPS) is 14.5. The summed E-state index contributed by atoms with van der Waals surface area (Å²) in [6.45, 7) is 7.70. The number of carbonyl (C=O) groups is 2. The number of carbonyl (C=O) groups excluding carboxylic acids is 2. The van der Waals surface area contributed by atoms with Gasteiger partial charge in [0.05, 0.1) is 43.7 Å². The zero-order valence-corrected chi connectivity index (χ0v) is 23.7. The van der Waals surface area contributed by atoms with Gasteiger partial charge in [0, 0.05) is 12.0 Å². The van der Waals surface area contributed by atoms with Crippen molar-refractivity contribution in [1.82, 2.24) is 0 Å². The fraction of sp³-hybridized carbons (Fsp3) is 0.394. The van der Waals surface area contributed by atoms with Crippen molar-refractivity contribution in [2.75, 3.05) is 33.0 Å². The molecule has 0 bridgehead atoms. The van der Waals surface area contributed by atoms with Crippen molar-refractivity contribution in [3.63, 3.8) is 0 Å². The number of hydrogen-bond acceptors (Lipinski definition) is 8. The summed E-state index contributed by atoms with van der Waals surface area (Å²) in [6.07, 6.45) is 2.77. The Morgan fingerprint density at radius 3 is 1.83 bits per heavy atom. The summed E-state index contributed by atoms with van der Waals surface area (Å²) in [6, 6.07) is 19.8. The molecule has 1 heterocycles. The number of rotatable bonds is 15. The van der Waals surface area contributed by atoms with Crippen molar-refractivity contribution in [2.45, 2.75) is 45.6 Å². The van der Waals surface area contributed by atoms with E-state index in [4.69, 9.17) is 23.7 Å². The van der Waals surface area contributed by atoms with Gasteiger partial charge in [-0.15, -0.1) is 0 Å². The van der Waals surface area contributed by atoms with Crippen LogP contribution in [-0.4, -0.2) is 50.1 Å². The van der Waals surface area contributed by atoms with Crippen LogP contribution in [0, 0.1) is 5.41 Å². The van der Waals surface area contributed by atoms with E-state index in [0.717, 1.165) is 44.6 Å². The molecule has 0 aromatic heterocycles. The van der Waals surface area contributed by atoms with Gasteiger partial charge in [-0.2, -0.15) is 0 Å². The van der Waals surface area contributed by atoms with Crippen molar-refractivity contribution >= 4 is 11.9 Å². The first-order valence-corrected chi connectivity index (χ1v) is 14.1. The van der Waals surface area contributed by atoms with E-state index in [-0.39, 0.29) is 5.41 Å². The maximum Gasteiger partial charge on any atom is 0.343 e. The first-order chi connectivity index (χ1) is 19.8. The molecule has 3 aromatic rings. The Morgan fingerprint density at radius 1 is 0.805 bits per heavy atom. The Labute approximate surface area is 241 Å². The van der Waals surface area contributed by atoms with E-state index in [1.54, 1.807) is 72.8 Å². The molecule has 0 amide bonds. The van der Waals surface area contributed by atoms with Crippen LogP contribution < -0.4 is 14.2 Å². The Morgan fingerprint density at radius 2 is 1.32 bits per heavy atom. The minimum Gasteiger partial charge on any atom is -0.494 e. The van der Waals surface area contributed by atoms with Gasteiger partial charge in [0.2, 0.25) is 0 Å². The molecule has 0 radical (unpaired) electrons. The summed E-state index contributed by atoms with van der Waals surface area (Å²) in [5, 5.41) is 10.1.